The molecule has 2 N–H and O–H groups in total. The number of hydrogen-bond donors (Lipinski definition) is 1. The summed E-state index contributed by atoms with van der Waals surface area (Å²) in [4.78, 5) is 13.5. The van der Waals surface area contributed by atoms with E-state index >= 15 is 0 Å². The zero-order valence-electron chi connectivity index (χ0n) is 9.51. The van der Waals surface area contributed by atoms with Crippen LogP contribution in [0.3, 0.4) is 0 Å². The van der Waals surface area contributed by atoms with E-state index in [-0.39, 0.29) is 5.82 Å². The third-order valence-electron chi connectivity index (χ3n) is 2.53. The number of fused-ring (bicyclic) bond motifs is 1. The molecule has 0 radical (unpaired) electrons. The van der Waals surface area contributed by atoms with E-state index in [0.717, 1.165) is 9.88 Å². The minimum atomic E-state index is -0.341. The average molecular weight is 260 g/mol. The lowest BCUT2D eigenvalue weighted by Crippen LogP contribution is -1.97. The van der Waals surface area contributed by atoms with Crippen LogP contribution in [0.25, 0.3) is 21.6 Å². The van der Waals surface area contributed by atoms with Crippen LogP contribution in [0.2, 0.25) is 0 Å². The molecular weight excluding hydrogens is 251 g/mol. The average Bonchev–Trinajstić information content (AvgIpc) is 2.75. The van der Waals surface area contributed by atoms with Crippen molar-refractivity contribution in [2.24, 2.45) is 0 Å². The highest BCUT2D eigenvalue weighted by atomic mass is 32.1. The number of benzene rings is 1. The number of aromatic nitrogens is 3. The number of nitrogens with two attached hydrogens (primary N) is 1. The lowest BCUT2D eigenvalue weighted by molar-refractivity contribution is 0.629. The molecule has 0 aliphatic rings. The number of anilines is 1. The van der Waals surface area contributed by atoms with Crippen LogP contribution < -0.4 is 5.73 Å². The molecule has 90 valence electrons. The van der Waals surface area contributed by atoms with Gasteiger partial charge < -0.3 is 5.73 Å². The van der Waals surface area contributed by atoms with Gasteiger partial charge in [0.05, 0.1) is 15.4 Å². The van der Waals surface area contributed by atoms with Crippen molar-refractivity contribution in [2.45, 2.75) is 6.92 Å². The van der Waals surface area contributed by atoms with Crippen molar-refractivity contribution in [3.8, 4) is 10.7 Å². The Labute approximate surface area is 106 Å². The van der Waals surface area contributed by atoms with E-state index in [1.807, 2.05) is 6.92 Å². The quantitative estimate of drug-likeness (QED) is 0.730. The maximum Gasteiger partial charge on any atom is 0.173 e. The molecule has 0 aliphatic carbocycles. The van der Waals surface area contributed by atoms with Crippen LogP contribution in [-0.2, 0) is 0 Å². The molecule has 0 saturated heterocycles. The number of halogens is 1. The molecule has 18 heavy (non-hydrogen) atoms. The van der Waals surface area contributed by atoms with Gasteiger partial charge in [-0.25, -0.2) is 19.3 Å². The molecule has 0 unspecified atom stereocenters. The van der Waals surface area contributed by atoms with E-state index in [2.05, 4.69) is 15.0 Å². The highest BCUT2D eigenvalue weighted by Crippen LogP contribution is 2.26. The van der Waals surface area contributed by atoms with E-state index in [0.29, 0.717) is 22.5 Å². The second-order valence-corrected chi connectivity index (χ2v) is 5.07. The number of thiazole rings is 1. The molecule has 0 atom stereocenters. The smallest absolute Gasteiger partial charge is 0.173 e. The summed E-state index contributed by atoms with van der Waals surface area (Å²) in [5.41, 5.74) is 6.37. The third kappa shape index (κ3) is 1.80. The molecule has 4 nitrogen and oxygen atoms in total. The molecule has 0 amide bonds. The van der Waals surface area contributed by atoms with E-state index in [4.69, 9.17) is 5.73 Å². The van der Waals surface area contributed by atoms with Crippen LogP contribution >= 0.6 is 11.3 Å². The number of aryl methyl sites for hydroxylation is 1. The summed E-state index contributed by atoms with van der Waals surface area (Å²) in [5, 5.41) is 1.58. The summed E-state index contributed by atoms with van der Waals surface area (Å²) in [5.74, 6) is 0.490. The van der Waals surface area contributed by atoms with E-state index in [1.165, 1.54) is 23.5 Å². The lowest BCUT2D eigenvalue weighted by Gasteiger charge is -2.03. The predicted octanol–water partition coefficient (Wildman–Crippen LogP) is 2.78. The van der Waals surface area contributed by atoms with E-state index in [1.54, 1.807) is 12.3 Å². The summed E-state index contributed by atoms with van der Waals surface area (Å²) >= 11 is 1.48. The Morgan fingerprint density at radius 2 is 2.11 bits per heavy atom. The summed E-state index contributed by atoms with van der Waals surface area (Å²) in [6.07, 6.45) is 1.69. The van der Waals surface area contributed by atoms with Crippen molar-refractivity contribution in [1.82, 2.24) is 15.0 Å². The minimum Gasteiger partial charge on any atom is -0.383 e. The zero-order valence-corrected chi connectivity index (χ0v) is 10.3. The Morgan fingerprint density at radius 3 is 2.83 bits per heavy atom. The maximum absolute atomic E-state index is 13.2. The van der Waals surface area contributed by atoms with Crippen LogP contribution in [0, 0.1) is 12.7 Å². The molecule has 0 aliphatic heterocycles. The fourth-order valence-corrected chi connectivity index (χ4v) is 2.41. The fraction of sp³-hybridized carbons (Fsp3) is 0.0833. The maximum atomic E-state index is 13.2. The van der Waals surface area contributed by atoms with Crippen LogP contribution in [0.5, 0.6) is 0 Å². The second-order valence-electron chi connectivity index (χ2n) is 3.84. The molecular formula is C12H9FN4S. The van der Waals surface area contributed by atoms with Gasteiger partial charge in [0, 0.05) is 17.6 Å². The van der Waals surface area contributed by atoms with Gasteiger partial charge in [0.25, 0.3) is 0 Å². The van der Waals surface area contributed by atoms with Crippen molar-refractivity contribution < 1.29 is 4.39 Å². The zero-order chi connectivity index (χ0) is 12.7. The first kappa shape index (κ1) is 11.0. The highest BCUT2D eigenvalue weighted by molar-refractivity contribution is 7.14. The first-order chi connectivity index (χ1) is 8.63. The van der Waals surface area contributed by atoms with Gasteiger partial charge in [0.15, 0.2) is 5.82 Å². The summed E-state index contributed by atoms with van der Waals surface area (Å²) < 4.78 is 13.2. The Morgan fingerprint density at radius 1 is 1.28 bits per heavy atom. The van der Waals surface area contributed by atoms with Gasteiger partial charge in [-0.15, -0.1) is 11.3 Å². The van der Waals surface area contributed by atoms with Gasteiger partial charge in [0.1, 0.15) is 11.6 Å². The third-order valence-corrected chi connectivity index (χ3v) is 3.44. The van der Waals surface area contributed by atoms with Crippen molar-refractivity contribution in [2.75, 3.05) is 5.73 Å². The molecule has 1 aromatic carbocycles. The normalized spacial score (nSPS) is 11.0. The number of nitrogens with zero attached hydrogens (tertiary/aromatic N) is 3. The molecule has 2 heterocycles. The van der Waals surface area contributed by atoms with E-state index in [9.17, 15) is 4.39 Å². The van der Waals surface area contributed by atoms with Crippen LogP contribution in [0.1, 0.15) is 5.01 Å². The molecule has 2 aromatic heterocycles. The predicted molar refractivity (Wildman–Crippen MR) is 69.8 cm³/mol. The van der Waals surface area contributed by atoms with Gasteiger partial charge >= 0.3 is 0 Å². The first-order valence-corrected chi connectivity index (χ1v) is 6.11. The van der Waals surface area contributed by atoms with Gasteiger partial charge in [-0.2, -0.15) is 0 Å². The molecule has 0 fully saturated rings. The van der Waals surface area contributed by atoms with Gasteiger partial charge in [-0.3, -0.25) is 0 Å². The molecule has 0 spiro atoms. The second kappa shape index (κ2) is 3.99. The summed E-state index contributed by atoms with van der Waals surface area (Å²) in [6, 6.07) is 4.28. The van der Waals surface area contributed by atoms with Crippen LogP contribution in [0.4, 0.5) is 10.2 Å². The molecule has 0 saturated carbocycles. The van der Waals surface area contributed by atoms with Crippen molar-refractivity contribution >= 4 is 28.1 Å². The molecule has 3 rings (SSSR count). The Balaban J connectivity index is 2.26. The van der Waals surface area contributed by atoms with Gasteiger partial charge in [-0.05, 0) is 19.1 Å². The fourth-order valence-electron chi connectivity index (χ4n) is 1.70. The van der Waals surface area contributed by atoms with Crippen molar-refractivity contribution in [3.63, 3.8) is 0 Å². The minimum absolute atomic E-state index is 0.341. The molecule has 6 heteroatoms. The van der Waals surface area contributed by atoms with E-state index < -0.39 is 0 Å². The molecule has 0 bridgehead atoms. The van der Waals surface area contributed by atoms with Crippen molar-refractivity contribution in [1.29, 1.82) is 0 Å². The first-order valence-electron chi connectivity index (χ1n) is 5.29. The SMILES string of the molecule is Cc1ncc(-c2nc(N)c3ccc(F)cc3n2)s1. The Hall–Kier alpha value is -2.08. The van der Waals surface area contributed by atoms with Crippen LogP contribution in [0.15, 0.2) is 24.4 Å². The van der Waals surface area contributed by atoms with Crippen molar-refractivity contribution in [3.05, 3.63) is 35.2 Å². The van der Waals surface area contributed by atoms with Gasteiger partial charge in [0.2, 0.25) is 0 Å². The lowest BCUT2D eigenvalue weighted by atomic mass is 10.2. The number of hydrogen-bond acceptors (Lipinski definition) is 5. The largest absolute Gasteiger partial charge is 0.383 e. The van der Waals surface area contributed by atoms with Crippen LogP contribution in [-0.4, -0.2) is 15.0 Å². The highest BCUT2D eigenvalue weighted by Gasteiger charge is 2.10. The monoisotopic (exact) mass is 260 g/mol. The Kier molecular flexibility index (Phi) is 2.45. The standard InChI is InChI=1S/C12H9FN4S/c1-6-15-5-10(18-6)12-16-9-4-7(13)2-3-8(9)11(14)17-12/h2-5H,1H3,(H2,14,16,17). The number of rotatable bonds is 1. The Bertz CT molecular complexity index is 738. The topological polar surface area (TPSA) is 64.7 Å². The summed E-state index contributed by atoms with van der Waals surface area (Å²) in [6.45, 7) is 1.90. The van der Waals surface area contributed by atoms with Gasteiger partial charge in [-0.1, -0.05) is 0 Å². The number of nitrogen functional groups attached to an aromatic ring is 1. The summed E-state index contributed by atoms with van der Waals surface area (Å²) in [7, 11) is 0. The molecule has 3 aromatic rings.